The van der Waals surface area contributed by atoms with Gasteiger partial charge >= 0.3 is 6.09 Å². The molecule has 0 aromatic heterocycles. The molecule has 2 atom stereocenters. The number of carbonyl (C=O) groups excluding carboxylic acids is 2. The first-order valence-electron chi connectivity index (χ1n) is 17.8. The fraction of sp³-hybridized carbons (Fsp3) is 0.273. The predicted molar refractivity (Wildman–Crippen MR) is 208 cm³/mol. The summed E-state index contributed by atoms with van der Waals surface area (Å²) < 4.78 is 12.7. The standard InChI is InChI=1S/C44H48N2O5Si/c1-43(2,3)52(4,5)51-40(39(29-47)45-42(49)50-30-38-36-27-17-15-25-34(36)35-26-16-18-28-37(35)38)41(48)46-44(31-19-9-6-10-20-31,32-21-11-7-12-22-32)33-23-13-8-14-24-33/h6-28,38-40,47H,29-30H2,1-5H3,(H,45,49)(H,46,48)/t39-,40-/m1/s1. The van der Waals surface area contributed by atoms with E-state index in [1.165, 1.54) is 0 Å². The predicted octanol–water partition coefficient (Wildman–Crippen LogP) is 8.38. The normalized spacial score (nSPS) is 14.1. The molecule has 0 fully saturated rings. The highest BCUT2D eigenvalue weighted by Crippen LogP contribution is 2.45. The molecular weight excluding hydrogens is 665 g/mol. The first-order chi connectivity index (χ1) is 25.0. The van der Waals surface area contributed by atoms with Crippen LogP contribution in [0.25, 0.3) is 11.1 Å². The maximum atomic E-state index is 15.0. The molecule has 0 saturated heterocycles. The summed E-state index contributed by atoms with van der Waals surface area (Å²) in [5, 5.41) is 16.8. The highest BCUT2D eigenvalue weighted by atomic mass is 28.4. The highest BCUT2D eigenvalue weighted by molar-refractivity contribution is 6.74. The second-order valence-electron chi connectivity index (χ2n) is 14.9. The quantitative estimate of drug-likeness (QED) is 0.0893. The van der Waals surface area contributed by atoms with E-state index >= 15 is 0 Å². The monoisotopic (exact) mass is 712 g/mol. The maximum Gasteiger partial charge on any atom is 0.407 e. The minimum atomic E-state index is -2.66. The van der Waals surface area contributed by atoms with Crippen molar-refractivity contribution in [3.8, 4) is 11.1 Å². The minimum Gasteiger partial charge on any atom is -0.449 e. The first-order valence-corrected chi connectivity index (χ1v) is 20.8. The lowest BCUT2D eigenvalue weighted by Crippen LogP contribution is -2.61. The van der Waals surface area contributed by atoms with Gasteiger partial charge in [0.2, 0.25) is 0 Å². The molecule has 0 unspecified atom stereocenters. The van der Waals surface area contributed by atoms with Gasteiger partial charge in [-0.05, 0) is 57.1 Å². The number of hydrogen-bond acceptors (Lipinski definition) is 5. The fourth-order valence-corrected chi connectivity index (χ4v) is 8.12. The number of rotatable bonds is 12. The van der Waals surface area contributed by atoms with Gasteiger partial charge in [-0.2, -0.15) is 0 Å². The smallest absolute Gasteiger partial charge is 0.407 e. The lowest BCUT2D eigenvalue weighted by atomic mass is 9.76. The lowest BCUT2D eigenvalue weighted by Gasteiger charge is -2.43. The van der Waals surface area contributed by atoms with Gasteiger partial charge in [0.25, 0.3) is 5.91 Å². The van der Waals surface area contributed by atoms with Crippen LogP contribution in [-0.4, -0.2) is 50.8 Å². The van der Waals surface area contributed by atoms with E-state index in [4.69, 9.17) is 9.16 Å². The van der Waals surface area contributed by atoms with E-state index in [9.17, 15) is 14.7 Å². The summed E-state index contributed by atoms with van der Waals surface area (Å²) >= 11 is 0. The molecular formula is C44H48N2O5Si. The number of amides is 2. The molecule has 0 heterocycles. The molecule has 1 aliphatic rings. The summed E-state index contributed by atoms with van der Waals surface area (Å²) in [6.45, 7) is 9.90. The lowest BCUT2D eigenvalue weighted by molar-refractivity contribution is -0.131. The molecule has 268 valence electrons. The second kappa shape index (κ2) is 15.3. The number of aliphatic hydroxyl groups excluding tert-OH is 1. The number of aliphatic hydroxyl groups is 1. The Morgan fingerprint density at radius 3 is 1.54 bits per heavy atom. The van der Waals surface area contributed by atoms with Gasteiger partial charge in [0.15, 0.2) is 8.32 Å². The van der Waals surface area contributed by atoms with E-state index in [0.717, 1.165) is 38.9 Å². The van der Waals surface area contributed by atoms with Crippen LogP contribution >= 0.6 is 0 Å². The minimum absolute atomic E-state index is 0.0943. The van der Waals surface area contributed by atoms with Crippen molar-refractivity contribution >= 4 is 20.3 Å². The summed E-state index contributed by atoms with van der Waals surface area (Å²) in [4.78, 5) is 28.6. The first kappa shape index (κ1) is 36.8. The number of fused-ring (bicyclic) bond motifs is 3. The Morgan fingerprint density at radius 2 is 1.12 bits per heavy atom. The van der Waals surface area contributed by atoms with Crippen molar-refractivity contribution in [2.45, 2.75) is 62.5 Å². The van der Waals surface area contributed by atoms with Gasteiger partial charge in [0.1, 0.15) is 18.2 Å². The molecule has 3 N–H and O–H groups in total. The number of hydrogen-bond donors (Lipinski definition) is 3. The van der Waals surface area contributed by atoms with Crippen molar-refractivity contribution in [1.29, 1.82) is 0 Å². The SMILES string of the molecule is CC(C)(C)[Si](C)(C)O[C@@H](C(=O)NC(c1ccccc1)(c1ccccc1)c1ccccc1)[C@@H](CO)NC(=O)OCC1c2ccccc2-c2ccccc21. The van der Waals surface area contributed by atoms with E-state index in [1.54, 1.807) is 0 Å². The second-order valence-corrected chi connectivity index (χ2v) is 19.7. The van der Waals surface area contributed by atoms with Gasteiger partial charge in [0, 0.05) is 5.92 Å². The molecule has 6 rings (SSSR count). The average Bonchev–Trinajstić information content (AvgIpc) is 3.48. The molecule has 8 heteroatoms. The van der Waals surface area contributed by atoms with E-state index < -0.39 is 44.6 Å². The molecule has 0 saturated carbocycles. The molecule has 0 aliphatic heterocycles. The van der Waals surface area contributed by atoms with Crippen molar-refractivity contribution in [2.24, 2.45) is 0 Å². The van der Waals surface area contributed by atoms with Gasteiger partial charge in [-0.3, -0.25) is 4.79 Å². The molecule has 0 bridgehead atoms. The Morgan fingerprint density at radius 1 is 0.692 bits per heavy atom. The van der Waals surface area contributed by atoms with Crippen molar-refractivity contribution < 1.29 is 23.9 Å². The van der Waals surface area contributed by atoms with Gasteiger partial charge in [-0.15, -0.1) is 0 Å². The van der Waals surface area contributed by atoms with Crippen LogP contribution < -0.4 is 10.6 Å². The largest absolute Gasteiger partial charge is 0.449 e. The third kappa shape index (κ3) is 7.32. The van der Waals surface area contributed by atoms with Gasteiger partial charge in [-0.1, -0.05) is 160 Å². The molecule has 1 aliphatic carbocycles. The van der Waals surface area contributed by atoms with Crippen LogP contribution in [0.5, 0.6) is 0 Å². The van der Waals surface area contributed by atoms with Crippen molar-refractivity contribution in [3.05, 3.63) is 167 Å². The Kier molecular flexibility index (Phi) is 10.8. The summed E-state index contributed by atoms with van der Waals surface area (Å²) in [7, 11) is -2.66. The fourth-order valence-electron chi connectivity index (χ4n) is 6.86. The van der Waals surface area contributed by atoms with Crippen LogP contribution in [-0.2, 0) is 19.5 Å². The maximum absolute atomic E-state index is 15.0. The Bertz CT molecular complexity index is 1840. The number of alkyl carbamates (subject to hydrolysis) is 1. The molecule has 5 aromatic carbocycles. The Balaban J connectivity index is 1.33. The molecule has 0 spiro atoms. The molecule has 2 amide bonds. The Labute approximate surface area is 308 Å². The van der Waals surface area contributed by atoms with Crippen LogP contribution in [0, 0.1) is 0 Å². The molecule has 5 aromatic rings. The third-order valence-electron chi connectivity index (χ3n) is 10.6. The number of carbonyl (C=O) groups is 2. The van der Waals surface area contributed by atoms with Crippen LogP contribution in [0.2, 0.25) is 18.1 Å². The van der Waals surface area contributed by atoms with E-state index in [0.29, 0.717) is 0 Å². The topological polar surface area (TPSA) is 96.9 Å². The molecule has 52 heavy (non-hydrogen) atoms. The van der Waals surface area contributed by atoms with Crippen molar-refractivity contribution in [1.82, 2.24) is 10.6 Å². The van der Waals surface area contributed by atoms with Gasteiger partial charge in [-0.25, -0.2) is 4.79 Å². The third-order valence-corrected chi connectivity index (χ3v) is 15.1. The number of benzene rings is 5. The highest BCUT2D eigenvalue weighted by Gasteiger charge is 2.46. The van der Waals surface area contributed by atoms with Crippen LogP contribution in [0.3, 0.4) is 0 Å². The molecule has 7 nitrogen and oxygen atoms in total. The van der Waals surface area contributed by atoms with Crippen LogP contribution in [0.4, 0.5) is 4.79 Å². The average molecular weight is 713 g/mol. The molecule has 0 radical (unpaired) electrons. The van der Waals surface area contributed by atoms with Gasteiger partial charge in [0.05, 0.1) is 12.6 Å². The zero-order chi connectivity index (χ0) is 36.9. The summed E-state index contributed by atoms with van der Waals surface area (Å²) in [6, 6.07) is 44.6. The zero-order valence-corrected chi connectivity index (χ0v) is 31.5. The van der Waals surface area contributed by atoms with Gasteiger partial charge < -0.3 is 24.9 Å². The van der Waals surface area contributed by atoms with Crippen molar-refractivity contribution in [3.63, 3.8) is 0 Å². The summed E-state index contributed by atoms with van der Waals surface area (Å²) in [5.41, 5.74) is 5.84. The Hall–Kier alpha value is -5.02. The van der Waals surface area contributed by atoms with Crippen LogP contribution in [0.1, 0.15) is 54.5 Å². The summed E-state index contributed by atoms with van der Waals surface area (Å²) in [5.74, 6) is -0.615. The number of nitrogens with one attached hydrogen (secondary N) is 2. The van der Waals surface area contributed by atoms with Crippen LogP contribution in [0.15, 0.2) is 140 Å². The van der Waals surface area contributed by atoms with E-state index in [1.807, 2.05) is 128 Å². The zero-order valence-electron chi connectivity index (χ0n) is 30.5. The van der Waals surface area contributed by atoms with E-state index in [2.05, 4.69) is 55.7 Å². The van der Waals surface area contributed by atoms with E-state index in [-0.39, 0.29) is 17.6 Å². The number of ether oxygens (including phenoxy) is 1. The summed E-state index contributed by atoms with van der Waals surface area (Å²) in [6.07, 6.45) is -1.99. The van der Waals surface area contributed by atoms with Crippen molar-refractivity contribution in [2.75, 3.05) is 13.2 Å².